The quantitative estimate of drug-likeness (QED) is 0.823. The average molecular weight is 335 g/mol. The first-order valence-corrected chi connectivity index (χ1v) is 7.02. The van der Waals surface area contributed by atoms with Crippen LogP contribution in [0.2, 0.25) is 0 Å². The minimum atomic E-state index is -1.07. The van der Waals surface area contributed by atoms with Gasteiger partial charge in [-0.2, -0.15) is 0 Å². The molecule has 0 radical (unpaired) electrons. The normalized spacial score (nSPS) is 10.1. The number of hydrogen-bond acceptors (Lipinski definition) is 4. The summed E-state index contributed by atoms with van der Waals surface area (Å²) in [6.45, 7) is 0.296. The number of anilines is 1. The summed E-state index contributed by atoms with van der Waals surface area (Å²) < 4.78 is 31.6. The molecule has 1 heterocycles. The maximum absolute atomic E-state index is 13.7. The number of nitrogens with zero attached hydrogens (tertiary/aromatic N) is 1. The molecule has 0 spiro atoms. The van der Waals surface area contributed by atoms with E-state index in [0.717, 1.165) is 18.7 Å². The van der Waals surface area contributed by atoms with E-state index >= 15 is 0 Å². The van der Waals surface area contributed by atoms with E-state index < -0.39 is 29.2 Å². The molecule has 1 aromatic carbocycles. The summed E-state index contributed by atoms with van der Waals surface area (Å²) >= 11 is 0. The molecule has 126 valence electrons. The minimum Gasteiger partial charge on any atom is -0.465 e. The number of halogens is 2. The second kappa shape index (κ2) is 8.00. The summed E-state index contributed by atoms with van der Waals surface area (Å²) in [7, 11) is 1.07. The number of pyridine rings is 1. The van der Waals surface area contributed by atoms with E-state index in [2.05, 4.69) is 20.4 Å². The molecule has 0 bridgehead atoms. The van der Waals surface area contributed by atoms with Gasteiger partial charge in [0, 0.05) is 25.0 Å². The first kappa shape index (κ1) is 17.3. The molecule has 0 saturated heterocycles. The SMILES string of the molecule is COC(=O)c1cc(NC(=O)NCCc2cccnc2)c(F)cc1F. The molecule has 0 aliphatic heterocycles. The Hall–Kier alpha value is -3.03. The smallest absolute Gasteiger partial charge is 0.340 e. The fraction of sp³-hybridized carbons (Fsp3) is 0.188. The molecule has 8 heteroatoms. The van der Waals surface area contributed by atoms with Crippen LogP contribution in [0.4, 0.5) is 19.3 Å². The van der Waals surface area contributed by atoms with Gasteiger partial charge in [0.2, 0.25) is 0 Å². The summed E-state index contributed by atoms with van der Waals surface area (Å²) in [5.41, 5.74) is 0.138. The van der Waals surface area contributed by atoms with Crippen molar-refractivity contribution in [1.82, 2.24) is 10.3 Å². The maximum Gasteiger partial charge on any atom is 0.340 e. The van der Waals surface area contributed by atoms with Gasteiger partial charge in [0.15, 0.2) is 0 Å². The van der Waals surface area contributed by atoms with Gasteiger partial charge in [-0.15, -0.1) is 0 Å². The van der Waals surface area contributed by atoms with Gasteiger partial charge in [0.05, 0.1) is 18.4 Å². The summed E-state index contributed by atoms with van der Waals surface area (Å²) in [4.78, 5) is 27.1. The fourth-order valence-corrected chi connectivity index (χ4v) is 1.94. The van der Waals surface area contributed by atoms with Crippen LogP contribution in [-0.4, -0.2) is 30.6 Å². The van der Waals surface area contributed by atoms with Crippen molar-refractivity contribution in [3.05, 3.63) is 59.4 Å². The fourth-order valence-electron chi connectivity index (χ4n) is 1.94. The number of hydrogen-bond donors (Lipinski definition) is 2. The standard InChI is InChI=1S/C16H15F2N3O3/c1-24-15(22)11-7-14(13(18)8-12(11)17)21-16(23)20-6-4-10-3-2-5-19-9-10/h2-3,5,7-9H,4,6H2,1H3,(H2,20,21,23). The zero-order chi connectivity index (χ0) is 17.5. The Labute approximate surface area is 136 Å². The van der Waals surface area contributed by atoms with Crippen LogP contribution in [-0.2, 0) is 11.2 Å². The zero-order valence-electron chi connectivity index (χ0n) is 12.8. The molecule has 24 heavy (non-hydrogen) atoms. The number of methoxy groups -OCH3 is 1. The highest BCUT2D eigenvalue weighted by Crippen LogP contribution is 2.20. The first-order chi connectivity index (χ1) is 11.5. The predicted molar refractivity (Wildman–Crippen MR) is 82.7 cm³/mol. The van der Waals surface area contributed by atoms with Crippen molar-refractivity contribution in [2.24, 2.45) is 0 Å². The molecule has 0 fully saturated rings. The van der Waals surface area contributed by atoms with Crippen molar-refractivity contribution in [3.63, 3.8) is 0 Å². The van der Waals surface area contributed by atoms with Crippen LogP contribution in [0.25, 0.3) is 0 Å². The molecule has 0 aliphatic rings. The third-order valence-corrected chi connectivity index (χ3v) is 3.13. The van der Waals surface area contributed by atoms with Crippen molar-refractivity contribution < 1.29 is 23.1 Å². The third kappa shape index (κ3) is 4.48. The molecule has 2 N–H and O–H groups in total. The van der Waals surface area contributed by atoms with Crippen LogP contribution in [0.5, 0.6) is 0 Å². The number of nitrogens with one attached hydrogen (secondary N) is 2. The highest BCUT2D eigenvalue weighted by atomic mass is 19.1. The zero-order valence-corrected chi connectivity index (χ0v) is 12.8. The van der Waals surface area contributed by atoms with Gasteiger partial charge in [0.1, 0.15) is 11.6 Å². The van der Waals surface area contributed by atoms with E-state index in [1.165, 1.54) is 0 Å². The van der Waals surface area contributed by atoms with E-state index in [4.69, 9.17) is 0 Å². The number of rotatable bonds is 5. The molecular formula is C16H15F2N3O3. The lowest BCUT2D eigenvalue weighted by Gasteiger charge is -2.10. The summed E-state index contributed by atoms with van der Waals surface area (Å²) in [6.07, 6.45) is 3.85. The van der Waals surface area contributed by atoms with Crippen molar-refractivity contribution in [2.45, 2.75) is 6.42 Å². The minimum absolute atomic E-state index is 0.296. The molecule has 1 aromatic heterocycles. The van der Waals surface area contributed by atoms with Gasteiger partial charge in [-0.25, -0.2) is 18.4 Å². The number of carbonyl (C=O) groups excluding carboxylic acids is 2. The summed E-state index contributed by atoms with van der Waals surface area (Å²) in [5, 5.41) is 4.76. The molecule has 0 atom stereocenters. The van der Waals surface area contributed by atoms with Crippen LogP contribution < -0.4 is 10.6 Å². The molecule has 2 amide bonds. The molecule has 2 rings (SSSR count). The lowest BCUT2D eigenvalue weighted by atomic mass is 10.2. The number of benzene rings is 1. The van der Waals surface area contributed by atoms with Crippen LogP contribution in [0.3, 0.4) is 0 Å². The molecule has 6 nitrogen and oxygen atoms in total. The largest absolute Gasteiger partial charge is 0.465 e. The number of carbonyl (C=O) groups is 2. The Bertz CT molecular complexity index is 739. The highest BCUT2D eigenvalue weighted by Gasteiger charge is 2.17. The van der Waals surface area contributed by atoms with Crippen molar-refractivity contribution >= 4 is 17.7 Å². The van der Waals surface area contributed by atoms with Gasteiger partial charge in [-0.1, -0.05) is 6.07 Å². The van der Waals surface area contributed by atoms with Crippen molar-refractivity contribution in [1.29, 1.82) is 0 Å². The van der Waals surface area contributed by atoms with Crippen LogP contribution in [0.1, 0.15) is 15.9 Å². The highest BCUT2D eigenvalue weighted by molar-refractivity contribution is 5.94. The lowest BCUT2D eigenvalue weighted by Crippen LogP contribution is -2.31. The van der Waals surface area contributed by atoms with Crippen LogP contribution in [0, 0.1) is 11.6 Å². The van der Waals surface area contributed by atoms with E-state index in [-0.39, 0.29) is 5.69 Å². The lowest BCUT2D eigenvalue weighted by molar-refractivity contribution is 0.0595. The number of amides is 2. The van der Waals surface area contributed by atoms with Crippen LogP contribution >= 0.6 is 0 Å². The van der Waals surface area contributed by atoms with Gasteiger partial charge in [-0.05, 0) is 24.1 Å². The Morgan fingerprint density at radius 1 is 1.25 bits per heavy atom. The third-order valence-electron chi connectivity index (χ3n) is 3.13. The van der Waals surface area contributed by atoms with E-state index in [1.807, 2.05) is 6.07 Å². The topological polar surface area (TPSA) is 80.3 Å². The second-order valence-corrected chi connectivity index (χ2v) is 4.80. The summed E-state index contributed by atoms with van der Waals surface area (Å²) in [5.74, 6) is -3.03. The van der Waals surface area contributed by atoms with E-state index in [1.54, 1.807) is 18.5 Å². The number of urea groups is 1. The number of ether oxygens (including phenoxy) is 1. The van der Waals surface area contributed by atoms with Gasteiger partial charge < -0.3 is 15.4 Å². The Balaban J connectivity index is 1.97. The van der Waals surface area contributed by atoms with Gasteiger partial charge >= 0.3 is 12.0 Å². The molecular weight excluding hydrogens is 320 g/mol. The van der Waals surface area contributed by atoms with Crippen LogP contribution in [0.15, 0.2) is 36.7 Å². The first-order valence-electron chi connectivity index (χ1n) is 7.02. The molecule has 0 saturated carbocycles. The molecule has 0 aliphatic carbocycles. The van der Waals surface area contributed by atoms with Crippen molar-refractivity contribution in [2.75, 3.05) is 19.0 Å². The van der Waals surface area contributed by atoms with Crippen molar-refractivity contribution in [3.8, 4) is 0 Å². The predicted octanol–water partition coefficient (Wildman–Crippen LogP) is 2.51. The Morgan fingerprint density at radius 2 is 2.04 bits per heavy atom. The maximum atomic E-state index is 13.7. The number of aromatic nitrogens is 1. The van der Waals surface area contributed by atoms with Gasteiger partial charge in [-0.3, -0.25) is 4.98 Å². The molecule has 0 unspecified atom stereocenters. The average Bonchev–Trinajstić information content (AvgIpc) is 2.57. The van der Waals surface area contributed by atoms with E-state index in [9.17, 15) is 18.4 Å². The van der Waals surface area contributed by atoms with E-state index in [0.29, 0.717) is 19.0 Å². The monoisotopic (exact) mass is 335 g/mol. The van der Waals surface area contributed by atoms with Gasteiger partial charge in [0.25, 0.3) is 0 Å². The Kier molecular flexibility index (Phi) is 5.78. The molecule has 2 aromatic rings. The number of esters is 1. The Morgan fingerprint density at radius 3 is 2.71 bits per heavy atom. The second-order valence-electron chi connectivity index (χ2n) is 4.80. The summed E-state index contributed by atoms with van der Waals surface area (Å²) in [6, 6.07) is 4.35.